The molecule has 0 aromatic carbocycles. The van der Waals surface area contributed by atoms with Gasteiger partial charge in [0.15, 0.2) is 0 Å². The second-order valence-corrected chi connectivity index (χ2v) is 4.25. The molecule has 0 aromatic heterocycles. The summed E-state index contributed by atoms with van der Waals surface area (Å²) < 4.78 is 1.25. The molecule has 2 heteroatoms. The SMILES string of the molecule is C[N+]12CCC(CC1)C(N)C2. The molecular weight excluding hydrogens is 124 g/mol. The summed E-state index contributed by atoms with van der Waals surface area (Å²) in [7, 11) is 2.34. The number of quaternary nitrogens is 1. The second kappa shape index (κ2) is 1.95. The van der Waals surface area contributed by atoms with Gasteiger partial charge in [0.05, 0.1) is 32.7 Å². The molecule has 3 rings (SSSR count). The summed E-state index contributed by atoms with van der Waals surface area (Å²) in [4.78, 5) is 0. The third-order valence-corrected chi connectivity index (χ3v) is 3.34. The number of likely N-dealkylation sites (N-methyl/N-ethyl adjacent to an activating group) is 1. The highest BCUT2D eigenvalue weighted by Crippen LogP contribution is 2.30. The summed E-state index contributed by atoms with van der Waals surface area (Å²) >= 11 is 0. The molecule has 3 heterocycles. The maximum atomic E-state index is 5.99. The van der Waals surface area contributed by atoms with Crippen LogP contribution in [0.5, 0.6) is 0 Å². The maximum absolute atomic E-state index is 5.99. The zero-order valence-corrected chi connectivity index (χ0v) is 6.71. The van der Waals surface area contributed by atoms with Crippen LogP contribution in [0.2, 0.25) is 0 Å². The molecule has 2 bridgehead atoms. The fourth-order valence-electron chi connectivity index (χ4n) is 2.48. The number of hydrogen-bond acceptors (Lipinski definition) is 1. The normalized spacial score (nSPS) is 53.4. The van der Waals surface area contributed by atoms with Crippen molar-refractivity contribution in [2.45, 2.75) is 18.9 Å². The smallest absolute Gasteiger partial charge is 0.0941 e. The molecule has 0 saturated carbocycles. The molecule has 2 N–H and O–H groups in total. The van der Waals surface area contributed by atoms with Crippen molar-refractivity contribution in [2.24, 2.45) is 11.7 Å². The highest BCUT2D eigenvalue weighted by atomic mass is 15.4. The Kier molecular flexibility index (Phi) is 1.29. The van der Waals surface area contributed by atoms with Crippen molar-refractivity contribution in [3.63, 3.8) is 0 Å². The van der Waals surface area contributed by atoms with Crippen LogP contribution in [0.25, 0.3) is 0 Å². The molecule has 0 amide bonds. The Hall–Kier alpha value is -0.0800. The molecule has 58 valence electrons. The Balaban J connectivity index is 2.14. The Morgan fingerprint density at radius 3 is 2.20 bits per heavy atom. The van der Waals surface area contributed by atoms with Gasteiger partial charge >= 0.3 is 0 Å². The minimum Gasteiger partial charge on any atom is -0.325 e. The first kappa shape index (κ1) is 6.62. The molecule has 3 aliphatic heterocycles. The van der Waals surface area contributed by atoms with Crippen molar-refractivity contribution < 1.29 is 4.48 Å². The number of nitrogens with two attached hydrogens (primary N) is 1. The van der Waals surface area contributed by atoms with Crippen LogP contribution in [-0.2, 0) is 0 Å². The lowest BCUT2D eigenvalue weighted by atomic mass is 9.83. The highest BCUT2D eigenvalue weighted by molar-refractivity contribution is 4.81. The molecule has 3 fully saturated rings. The van der Waals surface area contributed by atoms with Crippen LogP contribution < -0.4 is 5.73 Å². The van der Waals surface area contributed by atoms with E-state index in [2.05, 4.69) is 7.05 Å². The lowest BCUT2D eigenvalue weighted by molar-refractivity contribution is -0.925. The van der Waals surface area contributed by atoms with Gasteiger partial charge in [0.2, 0.25) is 0 Å². The van der Waals surface area contributed by atoms with E-state index in [0.717, 1.165) is 5.92 Å². The van der Waals surface area contributed by atoms with Crippen LogP contribution >= 0.6 is 0 Å². The molecule has 3 aliphatic rings. The van der Waals surface area contributed by atoms with E-state index >= 15 is 0 Å². The zero-order valence-electron chi connectivity index (χ0n) is 6.71. The van der Waals surface area contributed by atoms with Crippen LogP contribution in [0.4, 0.5) is 0 Å². The van der Waals surface area contributed by atoms with E-state index in [-0.39, 0.29) is 0 Å². The first-order valence-corrected chi connectivity index (χ1v) is 4.29. The van der Waals surface area contributed by atoms with Gasteiger partial charge in [-0.1, -0.05) is 0 Å². The summed E-state index contributed by atoms with van der Waals surface area (Å²) in [6, 6.07) is 0.507. The molecule has 10 heavy (non-hydrogen) atoms. The molecule has 3 saturated heterocycles. The summed E-state index contributed by atoms with van der Waals surface area (Å²) in [5, 5.41) is 0. The Morgan fingerprint density at radius 2 is 1.90 bits per heavy atom. The highest BCUT2D eigenvalue weighted by Gasteiger charge is 2.41. The van der Waals surface area contributed by atoms with Gasteiger partial charge in [0.1, 0.15) is 0 Å². The molecule has 0 radical (unpaired) electrons. The van der Waals surface area contributed by atoms with Gasteiger partial charge in [0, 0.05) is 12.8 Å². The van der Waals surface area contributed by atoms with Gasteiger partial charge in [-0.15, -0.1) is 0 Å². The molecule has 0 aromatic rings. The predicted octanol–water partition coefficient (Wildman–Crippen LogP) is 0.184. The molecule has 0 aliphatic carbocycles. The number of rotatable bonds is 0. The maximum Gasteiger partial charge on any atom is 0.0941 e. The van der Waals surface area contributed by atoms with Crippen molar-refractivity contribution in [1.82, 2.24) is 0 Å². The largest absolute Gasteiger partial charge is 0.325 e. The van der Waals surface area contributed by atoms with Crippen LogP contribution in [0, 0.1) is 5.92 Å². The molecule has 1 unspecified atom stereocenters. The average molecular weight is 141 g/mol. The monoisotopic (exact) mass is 141 g/mol. The number of piperidine rings is 3. The fourth-order valence-corrected chi connectivity index (χ4v) is 2.48. The van der Waals surface area contributed by atoms with Crippen LogP contribution in [0.3, 0.4) is 0 Å². The zero-order chi connectivity index (χ0) is 7.19. The van der Waals surface area contributed by atoms with Crippen molar-refractivity contribution >= 4 is 0 Å². The topological polar surface area (TPSA) is 26.0 Å². The van der Waals surface area contributed by atoms with Crippen LogP contribution in [0.15, 0.2) is 0 Å². The van der Waals surface area contributed by atoms with E-state index < -0.39 is 0 Å². The van der Waals surface area contributed by atoms with E-state index in [1.54, 1.807) is 0 Å². The number of hydrogen-bond donors (Lipinski definition) is 1. The van der Waals surface area contributed by atoms with Crippen LogP contribution in [-0.4, -0.2) is 37.2 Å². The van der Waals surface area contributed by atoms with E-state index in [4.69, 9.17) is 5.73 Å². The summed E-state index contributed by atoms with van der Waals surface area (Å²) in [6.45, 7) is 3.97. The molecular formula is C8H17N2+. The van der Waals surface area contributed by atoms with Gasteiger partial charge < -0.3 is 10.2 Å². The van der Waals surface area contributed by atoms with Crippen LogP contribution in [0.1, 0.15) is 12.8 Å². The van der Waals surface area contributed by atoms with Gasteiger partial charge in [-0.3, -0.25) is 0 Å². The van der Waals surface area contributed by atoms with E-state index in [9.17, 15) is 0 Å². The van der Waals surface area contributed by atoms with Gasteiger partial charge in [-0.05, 0) is 5.92 Å². The quantitative estimate of drug-likeness (QED) is 0.479. The van der Waals surface area contributed by atoms with E-state index in [0.29, 0.717) is 6.04 Å². The Morgan fingerprint density at radius 1 is 1.30 bits per heavy atom. The van der Waals surface area contributed by atoms with E-state index in [1.165, 1.54) is 37.0 Å². The summed E-state index contributed by atoms with van der Waals surface area (Å²) in [6.07, 6.45) is 2.75. The predicted molar refractivity (Wildman–Crippen MR) is 41.5 cm³/mol. The number of nitrogens with zero attached hydrogens (tertiary/aromatic N) is 1. The minimum atomic E-state index is 0.507. The first-order valence-electron chi connectivity index (χ1n) is 4.29. The second-order valence-electron chi connectivity index (χ2n) is 4.25. The molecule has 2 nitrogen and oxygen atoms in total. The van der Waals surface area contributed by atoms with Crippen molar-refractivity contribution in [3.8, 4) is 0 Å². The third kappa shape index (κ3) is 0.867. The fraction of sp³-hybridized carbons (Fsp3) is 1.00. The summed E-state index contributed by atoms with van der Waals surface area (Å²) in [5.41, 5.74) is 5.99. The third-order valence-electron chi connectivity index (χ3n) is 3.34. The molecule has 1 atom stereocenters. The van der Waals surface area contributed by atoms with Gasteiger partial charge in [-0.25, -0.2) is 0 Å². The minimum absolute atomic E-state index is 0.507. The van der Waals surface area contributed by atoms with E-state index in [1.807, 2.05) is 0 Å². The molecule has 0 spiro atoms. The number of fused-ring (bicyclic) bond motifs is 3. The lowest BCUT2D eigenvalue weighted by Crippen LogP contribution is -2.63. The Labute approximate surface area is 62.6 Å². The van der Waals surface area contributed by atoms with Crippen molar-refractivity contribution in [3.05, 3.63) is 0 Å². The van der Waals surface area contributed by atoms with Crippen molar-refractivity contribution in [1.29, 1.82) is 0 Å². The lowest BCUT2D eigenvalue weighted by Gasteiger charge is -2.49. The summed E-state index contributed by atoms with van der Waals surface area (Å²) in [5.74, 6) is 0.861. The van der Waals surface area contributed by atoms with Gasteiger partial charge in [0.25, 0.3) is 0 Å². The average Bonchev–Trinajstić information content (AvgIpc) is 1.87. The standard InChI is InChI=1S/C8H17N2/c1-10-4-2-7(3-5-10)8(9)6-10/h7-8H,2-6,9H2,1H3/q+1. The first-order chi connectivity index (χ1) is 4.70. The van der Waals surface area contributed by atoms with Crippen molar-refractivity contribution in [2.75, 3.05) is 26.7 Å². The Bertz CT molecular complexity index is 136. The van der Waals surface area contributed by atoms with Gasteiger partial charge in [-0.2, -0.15) is 0 Å².